The zero-order valence-electron chi connectivity index (χ0n) is 11.2. The van der Waals surface area contributed by atoms with Crippen LogP contribution < -0.4 is 15.8 Å². The molecule has 2 aromatic rings. The molecule has 0 spiro atoms. The summed E-state index contributed by atoms with van der Waals surface area (Å²) >= 11 is 0. The first-order valence-corrected chi connectivity index (χ1v) is 6.25. The lowest BCUT2D eigenvalue weighted by atomic mass is 10.2. The second-order valence-electron chi connectivity index (χ2n) is 4.27. The minimum Gasteiger partial charge on any atom is -0.494 e. The van der Waals surface area contributed by atoms with E-state index >= 15 is 0 Å². The van der Waals surface area contributed by atoms with Gasteiger partial charge in [0.25, 0.3) is 0 Å². The maximum Gasteiger partial charge on any atom is 0.224 e. The summed E-state index contributed by atoms with van der Waals surface area (Å²) in [5, 5.41) is 6.78. The summed E-state index contributed by atoms with van der Waals surface area (Å²) in [7, 11) is 1.54. The van der Waals surface area contributed by atoms with Crippen molar-refractivity contribution in [3.8, 4) is 5.75 Å². The van der Waals surface area contributed by atoms with Gasteiger partial charge < -0.3 is 15.8 Å². The Kier molecular flexibility index (Phi) is 4.54. The minimum absolute atomic E-state index is 0.0758. The van der Waals surface area contributed by atoms with E-state index in [2.05, 4.69) is 15.4 Å². The van der Waals surface area contributed by atoms with E-state index < -0.39 is 0 Å². The van der Waals surface area contributed by atoms with E-state index in [9.17, 15) is 4.79 Å². The van der Waals surface area contributed by atoms with Crippen LogP contribution in [0.3, 0.4) is 0 Å². The van der Waals surface area contributed by atoms with Crippen LogP contribution in [0.1, 0.15) is 12.8 Å². The topological polar surface area (TPSA) is 95.1 Å². The van der Waals surface area contributed by atoms with E-state index in [0.29, 0.717) is 36.5 Å². The second-order valence-corrected chi connectivity index (χ2v) is 4.27. The third-order valence-corrected chi connectivity index (χ3v) is 2.76. The zero-order valence-corrected chi connectivity index (χ0v) is 11.2. The number of ether oxygens (including phenoxy) is 1. The summed E-state index contributed by atoms with van der Waals surface area (Å²) in [6.45, 7) is 0.659. The van der Waals surface area contributed by atoms with Gasteiger partial charge in [0.1, 0.15) is 18.4 Å². The Morgan fingerprint density at radius 1 is 1.50 bits per heavy atom. The van der Waals surface area contributed by atoms with Crippen molar-refractivity contribution in [3.05, 3.63) is 30.9 Å². The number of carbonyl (C=O) groups excluding carboxylic acids is 1. The van der Waals surface area contributed by atoms with Gasteiger partial charge in [-0.05, 0) is 18.6 Å². The number of benzene rings is 1. The fraction of sp³-hybridized carbons (Fsp3) is 0.308. The standard InChI is InChI=1S/C13H17N5O2/c1-20-12-7-10(14)4-5-11(12)17-13(19)3-2-6-18-9-15-8-16-18/h4-5,7-9H,2-3,6,14H2,1H3,(H,17,19). The molecule has 3 N–H and O–H groups in total. The van der Waals surface area contributed by atoms with E-state index in [1.165, 1.54) is 13.4 Å². The number of hydrogen-bond donors (Lipinski definition) is 2. The summed E-state index contributed by atoms with van der Waals surface area (Å²) in [4.78, 5) is 15.7. The molecule has 0 aliphatic carbocycles. The molecular weight excluding hydrogens is 258 g/mol. The first-order valence-electron chi connectivity index (χ1n) is 6.25. The molecule has 20 heavy (non-hydrogen) atoms. The minimum atomic E-state index is -0.0758. The molecule has 1 amide bonds. The van der Waals surface area contributed by atoms with E-state index in [4.69, 9.17) is 10.5 Å². The van der Waals surface area contributed by atoms with Crippen molar-refractivity contribution >= 4 is 17.3 Å². The predicted octanol–water partition coefficient (Wildman–Crippen LogP) is 1.29. The van der Waals surface area contributed by atoms with Crippen LogP contribution in [0.25, 0.3) is 0 Å². The molecule has 106 valence electrons. The van der Waals surface area contributed by atoms with Gasteiger partial charge in [-0.2, -0.15) is 5.10 Å². The highest BCUT2D eigenvalue weighted by Gasteiger charge is 2.08. The monoisotopic (exact) mass is 275 g/mol. The lowest BCUT2D eigenvalue weighted by Crippen LogP contribution is -2.13. The highest BCUT2D eigenvalue weighted by molar-refractivity contribution is 5.92. The molecule has 1 aromatic heterocycles. The number of nitrogens with one attached hydrogen (secondary N) is 1. The molecule has 7 heteroatoms. The molecule has 0 saturated carbocycles. The zero-order chi connectivity index (χ0) is 14.4. The lowest BCUT2D eigenvalue weighted by molar-refractivity contribution is -0.116. The van der Waals surface area contributed by atoms with Gasteiger partial charge >= 0.3 is 0 Å². The highest BCUT2D eigenvalue weighted by Crippen LogP contribution is 2.26. The van der Waals surface area contributed by atoms with Gasteiger partial charge in [-0.15, -0.1) is 0 Å². The van der Waals surface area contributed by atoms with Gasteiger partial charge in [-0.3, -0.25) is 9.48 Å². The van der Waals surface area contributed by atoms with E-state index in [1.54, 1.807) is 29.2 Å². The number of aromatic nitrogens is 3. The third-order valence-electron chi connectivity index (χ3n) is 2.76. The Morgan fingerprint density at radius 3 is 3.05 bits per heavy atom. The van der Waals surface area contributed by atoms with Crippen LogP contribution in [0.2, 0.25) is 0 Å². The van der Waals surface area contributed by atoms with Crippen LogP contribution in [0.15, 0.2) is 30.9 Å². The van der Waals surface area contributed by atoms with Gasteiger partial charge in [0.2, 0.25) is 5.91 Å². The molecule has 2 rings (SSSR count). The lowest BCUT2D eigenvalue weighted by Gasteiger charge is -2.10. The summed E-state index contributed by atoms with van der Waals surface area (Å²) < 4.78 is 6.86. The van der Waals surface area contributed by atoms with Gasteiger partial charge in [-0.25, -0.2) is 4.98 Å². The Balaban J connectivity index is 1.85. The molecule has 0 aliphatic rings. The molecule has 0 saturated heterocycles. The number of methoxy groups -OCH3 is 1. The molecule has 1 aromatic carbocycles. The van der Waals surface area contributed by atoms with Crippen molar-refractivity contribution in [1.29, 1.82) is 0 Å². The number of nitrogens with zero attached hydrogens (tertiary/aromatic N) is 3. The Labute approximate surface area is 116 Å². The molecule has 7 nitrogen and oxygen atoms in total. The number of rotatable bonds is 6. The molecule has 1 heterocycles. The van der Waals surface area contributed by atoms with Crippen molar-refractivity contribution < 1.29 is 9.53 Å². The fourth-order valence-corrected chi connectivity index (χ4v) is 1.77. The van der Waals surface area contributed by atoms with Gasteiger partial charge in [0, 0.05) is 24.7 Å². The van der Waals surface area contributed by atoms with E-state index in [-0.39, 0.29) is 5.91 Å². The van der Waals surface area contributed by atoms with Gasteiger partial charge in [0.15, 0.2) is 0 Å². The molecule has 0 atom stereocenters. The van der Waals surface area contributed by atoms with Crippen molar-refractivity contribution in [3.63, 3.8) is 0 Å². The van der Waals surface area contributed by atoms with Gasteiger partial charge in [0.05, 0.1) is 12.8 Å². The predicted molar refractivity (Wildman–Crippen MR) is 75.3 cm³/mol. The first kappa shape index (κ1) is 13.9. The summed E-state index contributed by atoms with van der Waals surface area (Å²) in [6, 6.07) is 5.11. The SMILES string of the molecule is COc1cc(N)ccc1NC(=O)CCCn1cncn1. The maximum absolute atomic E-state index is 11.9. The summed E-state index contributed by atoms with van der Waals surface area (Å²) in [5.41, 5.74) is 6.87. The highest BCUT2D eigenvalue weighted by atomic mass is 16.5. The van der Waals surface area contributed by atoms with Crippen LogP contribution in [0.4, 0.5) is 11.4 Å². The average molecular weight is 275 g/mol. The Hall–Kier alpha value is -2.57. The van der Waals surface area contributed by atoms with Crippen LogP contribution >= 0.6 is 0 Å². The summed E-state index contributed by atoms with van der Waals surface area (Å²) in [6.07, 6.45) is 4.18. The van der Waals surface area contributed by atoms with Crippen LogP contribution in [0, 0.1) is 0 Å². The molecular formula is C13H17N5O2. The molecule has 0 radical (unpaired) electrons. The van der Waals surface area contributed by atoms with Crippen LogP contribution in [-0.4, -0.2) is 27.8 Å². The normalized spacial score (nSPS) is 10.2. The number of nitrogens with two attached hydrogens (primary N) is 1. The van der Waals surface area contributed by atoms with Crippen LogP contribution in [0.5, 0.6) is 5.75 Å². The van der Waals surface area contributed by atoms with E-state index in [1.807, 2.05) is 0 Å². The van der Waals surface area contributed by atoms with Crippen molar-refractivity contribution in [2.75, 3.05) is 18.2 Å². The van der Waals surface area contributed by atoms with Crippen molar-refractivity contribution in [2.24, 2.45) is 0 Å². The largest absolute Gasteiger partial charge is 0.494 e. The summed E-state index contributed by atoms with van der Waals surface area (Å²) in [5.74, 6) is 0.475. The number of carbonyl (C=O) groups is 1. The van der Waals surface area contributed by atoms with Crippen LogP contribution in [-0.2, 0) is 11.3 Å². The number of anilines is 2. The number of aryl methyl sites for hydroxylation is 1. The number of nitrogen functional groups attached to an aromatic ring is 1. The van der Waals surface area contributed by atoms with Gasteiger partial charge in [-0.1, -0.05) is 0 Å². The smallest absolute Gasteiger partial charge is 0.224 e. The van der Waals surface area contributed by atoms with Crippen molar-refractivity contribution in [2.45, 2.75) is 19.4 Å². The first-order chi connectivity index (χ1) is 9.69. The van der Waals surface area contributed by atoms with Crippen molar-refractivity contribution in [1.82, 2.24) is 14.8 Å². The Bertz CT molecular complexity index is 568. The Morgan fingerprint density at radius 2 is 2.35 bits per heavy atom. The third kappa shape index (κ3) is 3.71. The molecule has 0 fully saturated rings. The number of hydrogen-bond acceptors (Lipinski definition) is 5. The number of amides is 1. The molecule has 0 unspecified atom stereocenters. The average Bonchev–Trinajstić information content (AvgIpc) is 2.94. The second kappa shape index (κ2) is 6.55. The quantitative estimate of drug-likeness (QED) is 0.774. The molecule has 0 aliphatic heterocycles. The fourth-order valence-electron chi connectivity index (χ4n) is 1.77. The van der Waals surface area contributed by atoms with E-state index in [0.717, 1.165) is 0 Å². The molecule has 0 bridgehead atoms. The maximum atomic E-state index is 11.9.